The zero-order chi connectivity index (χ0) is 14.1. The van der Waals surface area contributed by atoms with Crippen LogP contribution in [0.2, 0.25) is 0 Å². The lowest BCUT2D eigenvalue weighted by Gasteiger charge is -2.20. The average molecular weight is 271 g/mol. The monoisotopic (exact) mass is 271 g/mol. The molecule has 0 fully saturated rings. The van der Waals surface area contributed by atoms with Crippen LogP contribution in [-0.4, -0.2) is 39.8 Å². The van der Waals surface area contributed by atoms with E-state index in [0.717, 1.165) is 41.3 Å². The molecule has 0 saturated heterocycles. The van der Waals surface area contributed by atoms with E-state index in [1.165, 1.54) is 0 Å². The molecule has 0 aliphatic heterocycles. The highest BCUT2D eigenvalue weighted by atomic mass is 16.5. The maximum atomic E-state index is 5.28. The van der Waals surface area contributed by atoms with Gasteiger partial charge in [-0.25, -0.2) is 4.98 Å². The lowest BCUT2D eigenvalue weighted by Crippen LogP contribution is -2.24. The molecule has 104 valence electrons. The molecular formula is C14H17N5O. The third-order valence-corrected chi connectivity index (χ3v) is 3.48. The van der Waals surface area contributed by atoms with E-state index >= 15 is 0 Å². The summed E-state index contributed by atoms with van der Waals surface area (Å²) in [6.07, 6.45) is 1.71. The van der Waals surface area contributed by atoms with Gasteiger partial charge in [0, 0.05) is 19.2 Å². The molecule has 3 rings (SSSR count). The van der Waals surface area contributed by atoms with Crippen LogP contribution < -0.4 is 9.64 Å². The van der Waals surface area contributed by atoms with Crippen molar-refractivity contribution in [2.45, 2.75) is 13.8 Å². The molecule has 0 atom stereocenters. The van der Waals surface area contributed by atoms with Gasteiger partial charge in [0.15, 0.2) is 5.82 Å². The molecule has 1 aromatic carbocycles. The third kappa shape index (κ3) is 1.84. The summed E-state index contributed by atoms with van der Waals surface area (Å²) in [5.41, 5.74) is 2.62. The van der Waals surface area contributed by atoms with Crippen molar-refractivity contribution in [3.63, 3.8) is 0 Å². The number of rotatable bonds is 4. The van der Waals surface area contributed by atoms with Crippen molar-refractivity contribution in [1.29, 1.82) is 0 Å². The number of benzene rings is 1. The molecule has 0 unspecified atom stereocenters. The van der Waals surface area contributed by atoms with Crippen LogP contribution in [0.3, 0.4) is 0 Å². The first kappa shape index (κ1) is 12.7. The Bertz CT molecular complexity index is 748. The van der Waals surface area contributed by atoms with Gasteiger partial charge in [-0.05, 0) is 26.0 Å². The number of fused-ring (bicyclic) bond motifs is 3. The second-order valence-electron chi connectivity index (χ2n) is 4.49. The van der Waals surface area contributed by atoms with Crippen LogP contribution in [0.5, 0.6) is 5.75 Å². The number of anilines is 1. The highest BCUT2D eigenvalue weighted by Crippen LogP contribution is 2.25. The fourth-order valence-electron chi connectivity index (χ4n) is 2.38. The Balaban J connectivity index is 2.34. The molecule has 6 heteroatoms. The standard InChI is InChI=1S/C14H17N5O/c1-4-18(5-2)13-14-17-15-9-19(14)12-8-10(20-3)6-7-11(12)16-13/h6-9H,4-5H2,1-3H3. The minimum absolute atomic E-state index is 0.773. The van der Waals surface area contributed by atoms with Crippen LogP contribution in [0.4, 0.5) is 5.82 Å². The summed E-state index contributed by atoms with van der Waals surface area (Å²) < 4.78 is 7.23. The molecule has 0 aliphatic carbocycles. The summed E-state index contributed by atoms with van der Waals surface area (Å²) in [4.78, 5) is 6.91. The Morgan fingerprint density at radius 1 is 1.25 bits per heavy atom. The Morgan fingerprint density at radius 2 is 2.05 bits per heavy atom. The predicted octanol–water partition coefficient (Wildman–Crippen LogP) is 2.13. The van der Waals surface area contributed by atoms with Gasteiger partial charge in [-0.1, -0.05) is 0 Å². The molecule has 0 spiro atoms. The van der Waals surface area contributed by atoms with Gasteiger partial charge in [-0.2, -0.15) is 0 Å². The molecule has 0 saturated carbocycles. The molecule has 0 amide bonds. The molecular weight excluding hydrogens is 254 g/mol. The molecule has 0 bridgehead atoms. The van der Waals surface area contributed by atoms with Crippen LogP contribution in [0, 0.1) is 0 Å². The Morgan fingerprint density at radius 3 is 2.75 bits per heavy atom. The molecule has 6 nitrogen and oxygen atoms in total. The summed E-state index contributed by atoms with van der Waals surface area (Å²) in [5.74, 6) is 1.66. The first-order valence-corrected chi connectivity index (χ1v) is 6.71. The van der Waals surface area contributed by atoms with E-state index in [9.17, 15) is 0 Å². The van der Waals surface area contributed by atoms with Gasteiger partial charge < -0.3 is 9.64 Å². The zero-order valence-corrected chi connectivity index (χ0v) is 11.9. The number of methoxy groups -OCH3 is 1. The van der Waals surface area contributed by atoms with E-state index < -0.39 is 0 Å². The maximum Gasteiger partial charge on any atom is 0.204 e. The SMILES string of the molecule is CCN(CC)c1nc2ccc(OC)cc2n2cnnc12. The van der Waals surface area contributed by atoms with E-state index in [2.05, 4.69) is 28.9 Å². The highest BCUT2D eigenvalue weighted by Gasteiger charge is 2.14. The number of aromatic nitrogens is 4. The van der Waals surface area contributed by atoms with Gasteiger partial charge in [0.2, 0.25) is 5.65 Å². The minimum atomic E-state index is 0.773. The quantitative estimate of drug-likeness (QED) is 0.727. The highest BCUT2D eigenvalue weighted by molar-refractivity contribution is 5.84. The summed E-state index contributed by atoms with van der Waals surface area (Å²) in [6.45, 7) is 5.98. The van der Waals surface area contributed by atoms with Crippen molar-refractivity contribution < 1.29 is 4.74 Å². The van der Waals surface area contributed by atoms with Crippen LogP contribution >= 0.6 is 0 Å². The van der Waals surface area contributed by atoms with Gasteiger partial charge in [0.05, 0.1) is 18.1 Å². The van der Waals surface area contributed by atoms with Gasteiger partial charge in [-0.3, -0.25) is 4.40 Å². The summed E-state index contributed by atoms with van der Waals surface area (Å²) in [5, 5.41) is 8.23. The molecule has 3 aromatic rings. The second kappa shape index (κ2) is 4.96. The third-order valence-electron chi connectivity index (χ3n) is 3.48. The van der Waals surface area contributed by atoms with E-state index in [1.54, 1.807) is 13.4 Å². The molecule has 0 N–H and O–H groups in total. The number of ether oxygens (including phenoxy) is 1. The Kier molecular flexibility index (Phi) is 3.14. The Hall–Kier alpha value is -2.37. The van der Waals surface area contributed by atoms with Crippen LogP contribution in [0.1, 0.15) is 13.8 Å². The summed E-state index contributed by atoms with van der Waals surface area (Å²) in [6, 6.07) is 5.82. The zero-order valence-electron chi connectivity index (χ0n) is 11.9. The van der Waals surface area contributed by atoms with E-state index in [-0.39, 0.29) is 0 Å². The topological polar surface area (TPSA) is 55.6 Å². The van der Waals surface area contributed by atoms with Crippen LogP contribution in [0.15, 0.2) is 24.5 Å². The Labute approximate surface area is 117 Å². The van der Waals surface area contributed by atoms with Crippen LogP contribution in [0.25, 0.3) is 16.7 Å². The lowest BCUT2D eigenvalue weighted by molar-refractivity contribution is 0.415. The van der Waals surface area contributed by atoms with Gasteiger partial charge in [-0.15, -0.1) is 10.2 Å². The normalized spacial score (nSPS) is 11.2. The van der Waals surface area contributed by atoms with Gasteiger partial charge in [0.25, 0.3) is 0 Å². The minimum Gasteiger partial charge on any atom is -0.497 e. The average Bonchev–Trinajstić information content (AvgIpc) is 2.98. The smallest absolute Gasteiger partial charge is 0.204 e. The van der Waals surface area contributed by atoms with Gasteiger partial charge >= 0.3 is 0 Å². The number of nitrogens with zero attached hydrogens (tertiary/aromatic N) is 5. The molecule has 2 heterocycles. The molecule has 0 aliphatic rings. The van der Waals surface area contributed by atoms with E-state index in [0.29, 0.717) is 0 Å². The molecule has 20 heavy (non-hydrogen) atoms. The summed E-state index contributed by atoms with van der Waals surface area (Å²) >= 11 is 0. The van der Waals surface area contributed by atoms with Crippen molar-refractivity contribution >= 4 is 22.5 Å². The van der Waals surface area contributed by atoms with Crippen molar-refractivity contribution in [3.05, 3.63) is 24.5 Å². The molecule has 0 radical (unpaired) electrons. The second-order valence-corrected chi connectivity index (χ2v) is 4.49. The fourth-order valence-corrected chi connectivity index (χ4v) is 2.38. The first-order chi connectivity index (χ1) is 9.78. The fraction of sp³-hybridized carbons (Fsp3) is 0.357. The van der Waals surface area contributed by atoms with Crippen molar-refractivity contribution in [1.82, 2.24) is 19.6 Å². The van der Waals surface area contributed by atoms with Gasteiger partial charge in [0.1, 0.15) is 12.1 Å². The van der Waals surface area contributed by atoms with Crippen LogP contribution in [-0.2, 0) is 0 Å². The largest absolute Gasteiger partial charge is 0.497 e. The van der Waals surface area contributed by atoms with Crippen molar-refractivity contribution in [2.75, 3.05) is 25.1 Å². The first-order valence-electron chi connectivity index (χ1n) is 6.71. The predicted molar refractivity (Wildman–Crippen MR) is 78.4 cm³/mol. The van der Waals surface area contributed by atoms with E-state index in [1.807, 2.05) is 22.6 Å². The number of hydrogen-bond donors (Lipinski definition) is 0. The van der Waals surface area contributed by atoms with Crippen molar-refractivity contribution in [2.24, 2.45) is 0 Å². The summed E-state index contributed by atoms with van der Waals surface area (Å²) in [7, 11) is 1.65. The molecule has 2 aromatic heterocycles. The number of hydrogen-bond acceptors (Lipinski definition) is 5. The van der Waals surface area contributed by atoms with E-state index in [4.69, 9.17) is 9.72 Å². The van der Waals surface area contributed by atoms with Crippen molar-refractivity contribution in [3.8, 4) is 5.75 Å². The maximum absolute atomic E-state index is 5.28. The lowest BCUT2D eigenvalue weighted by atomic mass is 10.2.